The molecule has 2 nitrogen and oxygen atoms in total. The molecule has 17 heavy (non-hydrogen) atoms. The van der Waals surface area contributed by atoms with Crippen LogP contribution < -0.4 is 0 Å². The van der Waals surface area contributed by atoms with Gasteiger partial charge in [0.15, 0.2) is 0 Å². The van der Waals surface area contributed by atoms with E-state index in [9.17, 15) is 0 Å². The van der Waals surface area contributed by atoms with Gasteiger partial charge in [0.1, 0.15) is 0 Å². The molecule has 0 atom stereocenters. The predicted octanol–water partition coefficient (Wildman–Crippen LogP) is 3.71. The average Bonchev–Trinajstić information content (AvgIpc) is 2.66. The molecular weight excluding hydrogens is 232 g/mol. The van der Waals surface area contributed by atoms with Gasteiger partial charge in [-0.25, -0.2) is 4.98 Å². The quantitative estimate of drug-likeness (QED) is 0.750. The first kappa shape index (κ1) is 10.8. The second kappa shape index (κ2) is 4.19. The van der Waals surface area contributed by atoms with E-state index in [1.54, 1.807) is 0 Å². The van der Waals surface area contributed by atoms with Crippen molar-refractivity contribution in [1.82, 2.24) is 9.55 Å². The van der Waals surface area contributed by atoms with Crippen LogP contribution in [0.3, 0.4) is 0 Å². The first-order valence-corrected chi connectivity index (χ1v) is 6.46. The number of rotatable bonds is 1. The molecule has 1 aliphatic carbocycles. The van der Waals surface area contributed by atoms with E-state index in [1.165, 1.54) is 29.8 Å². The number of hydrogen-bond acceptors (Lipinski definition) is 1. The van der Waals surface area contributed by atoms with Crippen LogP contribution in [0.15, 0.2) is 24.3 Å². The van der Waals surface area contributed by atoms with Crippen molar-refractivity contribution in [2.75, 3.05) is 0 Å². The van der Waals surface area contributed by atoms with E-state index in [-0.39, 0.29) is 0 Å². The number of nitrogens with zero attached hydrogens (tertiary/aromatic N) is 2. The zero-order chi connectivity index (χ0) is 11.8. The van der Waals surface area contributed by atoms with Crippen molar-refractivity contribution in [2.24, 2.45) is 0 Å². The lowest BCUT2D eigenvalue weighted by Gasteiger charge is -2.14. The summed E-state index contributed by atoms with van der Waals surface area (Å²) in [6.07, 6.45) is 4.62. The molecule has 3 rings (SSSR count). The van der Waals surface area contributed by atoms with Crippen molar-refractivity contribution in [3.63, 3.8) is 0 Å². The minimum atomic E-state index is 0.598. The fourth-order valence-corrected chi connectivity index (χ4v) is 2.77. The van der Waals surface area contributed by atoms with Gasteiger partial charge in [-0.1, -0.05) is 17.7 Å². The average molecular weight is 247 g/mol. The molecule has 2 aromatic rings. The van der Waals surface area contributed by atoms with Crippen LogP contribution in [0, 0.1) is 6.92 Å². The Hall–Kier alpha value is -1.28. The normalized spacial score (nSPS) is 14.7. The zero-order valence-corrected chi connectivity index (χ0v) is 10.7. The number of imidazole rings is 1. The lowest BCUT2D eigenvalue weighted by molar-refractivity contribution is 0.656. The third-order valence-corrected chi connectivity index (χ3v) is 3.64. The Morgan fingerprint density at radius 2 is 1.82 bits per heavy atom. The molecule has 1 aliphatic rings. The van der Waals surface area contributed by atoms with E-state index in [0.717, 1.165) is 18.5 Å². The Kier molecular flexibility index (Phi) is 2.67. The molecule has 0 N–H and O–H groups in total. The van der Waals surface area contributed by atoms with Crippen LogP contribution in [0.2, 0.25) is 5.28 Å². The van der Waals surface area contributed by atoms with Crippen LogP contribution in [0.5, 0.6) is 0 Å². The summed E-state index contributed by atoms with van der Waals surface area (Å²) < 4.78 is 2.09. The smallest absolute Gasteiger partial charge is 0.207 e. The molecule has 1 aromatic carbocycles. The second-order valence-electron chi connectivity index (χ2n) is 4.65. The van der Waals surface area contributed by atoms with Crippen LogP contribution >= 0.6 is 11.6 Å². The van der Waals surface area contributed by atoms with Gasteiger partial charge in [0.05, 0.1) is 5.69 Å². The number of fused-ring (bicyclic) bond motifs is 1. The van der Waals surface area contributed by atoms with Gasteiger partial charge in [-0.2, -0.15) is 0 Å². The fraction of sp³-hybridized carbons (Fsp3) is 0.357. The van der Waals surface area contributed by atoms with Crippen molar-refractivity contribution in [2.45, 2.75) is 32.6 Å². The van der Waals surface area contributed by atoms with Gasteiger partial charge in [-0.3, -0.25) is 4.57 Å². The summed E-state index contributed by atoms with van der Waals surface area (Å²) in [4.78, 5) is 4.48. The van der Waals surface area contributed by atoms with Gasteiger partial charge in [0, 0.05) is 11.4 Å². The monoisotopic (exact) mass is 246 g/mol. The van der Waals surface area contributed by atoms with Gasteiger partial charge in [-0.15, -0.1) is 0 Å². The number of hydrogen-bond donors (Lipinski definition) is 0. The number of halogens is 1. The summed E-state index contributed by atoms with van der Waals surface area (Å²) in [6, 6.07) is 8.44. The maximum atomic E-state index is 6.26. The van der Waals surface area contributed by atoms with E-state index in [2.05, 4.69) is 40.7 Å². The van der Waals surface area contributed by atoms with E-state index < -0.39 is 0 Å². The maximum Gasteiger partial charge on any atom is 0.207 e. The largest absolute Gasteiger partial charge is 0.287 e. The molecule has 88 valence electrons. The molecule has 0 amide bonds. The highest BCUT2D eigenvalue weighted by Gasteiger charge is 2.19. The summed E-state index contributed by atoms with van der Waals surface area (Å²) in [5.41, 5.74) is 4.86. The predicted molar refractivity (Wildman–Crippen MR) is 70.0 cm³/mol. The highest BCUT2D eigenvalue weighted by atomic mass is 35.5. The van der Waals surface area contributed by atoms with Crippen molar-refractivity contribution in [3.05, 3.63) is 46.5 Å². The third kappa shape index (κ3) is 1.87. The van der Waals surface area contributed by atoms with Crippen LogP contribution in [-0.2, 0) is 12.8 Å². The summed E-state index contributed by atoms with van der Waals surface area (Å²) in [6.45, 7) is 2.09. The summed E-state index contributed by atoms with van der Waals surface area (Å²) >= 11 is 6.26. The first-order chi connectivity index (χ1) is 8.25. The van der Waals surface area contributed by atoms with E-state index in [1.807, 2.05) is 0 Å². The summed E-state index contributed by atoms with van der Waals surface area (Å²) in [5.74, 6) is 0. The Morgan fingerprint density at radius 3 is 2.59 bits per heavy atom. The number of aryl methyl sites for hydroxylation is 2. The molecule has 0 fully saturated rings. The molecule has 0 unspecified atom stereocenters. The van der Waals surface area contributed by atoms with Crippen LogP contribution in [0.1, 0.15) is 29.8 Å². The van der Waals surface area contributed by atoms with Crippen LogP contribution in [-0.4, -0.2) is 9.55 Å². The topological polar surface area (TPSA) is 17.8 Å². The van der Waals surface area contributed by atoms with Crippen LogP contribution in [0.25, 0.3) is 5.69 Å². The van der Waals surface area contributed by atoms with E-state index >= 15 is 0 Å². The van der Waals surface area contributed by atoms with Crippen molar-refractivity contribution >= 4 is 11.6 Å². The van der Waals surface area contributed by atoms with E-state index in [0.29, 0.717) is 5.28 Å². The van der Waals surface area contributed by atoms with Crippen molar-refractivity contribution < 1.29 is 0 Å². The molecule has 0 saturated carbocycles. The number of benzene rings is 1. The molecule has 0 spiro atoms. The Labute approximate surface area is 106 Å². The molecule has 0 radical (unpaired) electrons. The van der Waals surface area contributed by atoms with Gasteiger partial charge >= 0.3 is 0 Å². The molecular formula is C14H15ClN2. The second-order valence-corrected chi connectivity index (χ2v) is 4.99. The molecule has 0 saturated heterocycles. The van der Waals surface area contributed by atoms with Gasteiger partial charge in [0.25, 0.3) is 0 Å². The Balaban J connectivity index is 2.13. The van der Waals surface area contributed by atoms with Gasteiger partial charge < -0.3 is 0 Å². The molecule has 0 bridgehead atoms. The minimum absolute atomic E-state index is 0.598. The Bertz CT molecular complexity index is 540. The molecule has 1 heterocycles. The minimum Gasteiger partial charge on any atom is -0.287 e. The third-order valence-electron chi connectivity index (χ3n) is 3.38. The van der Waals surface area contributed by atoms with Gasteiger partial charge in [-0.05, 0) is 56.3 Å². The SMILES string of the molecule is Cc1ccc(-n2c(Cl)nc3c2CCCC3)cc1. The lowest BCUT2D eigenvalue weighted by atomic mass is 10.0. The Morgan fingerprint density at radius 1 is 1.12 bits per heavy atom. The number of aromatic nitrogens is 2. The maximum absolute atomic E-state index is 6.26. The summed E-state index contributed by atoms with van der Waals surface area (Å²) in [5, 5.41) is 0.598. The fourth-order valence-electron chi connectivity index (χ4n) is 2.46. The van der Waals surface area contributed by atoms with Crippen LogP contribution in [0.4, 0.5) is 0 Å². The van der Waals surface area contributed by atoms with Gasteiger partial charge in [0.2, 0.25) is 5.28 Å². The highest BCUT2D eigenvalue weighted by molar-refractivity contribution is 6.28. The zero-order valence-electron chi connectivity index (χ0n) is 9.91. The lowest BCUT2D eigenvalue weighted by Crippen LogP contribution is -2.07. The molecule has 3 heteroatoms. The van der Waals surface area contributed by atoms with Crippen molar-refractivity contribution in [1.29, 1.82) is 0 Å². The molecule has 1 aromatic heterocycles. The van der Waals surface area contributed by atoms with E-state index in [4.69, 9.17) is 11.6 Å². The van der Waals surface area contributed by atoms with Crippen molar-refractivity contribution in [3.8, 4) is 5.69 Å². The first-order valence-electron chi connectivity index (χ1n) is 6.09. The summed E-state index contributed by atoms with van der Waals surface area (Å²) in [7, 11) is 0. The highest BCUT2D eigenvalue weighted by Crippen LogP contribution is 2.28. The standard InChI is InChI=1S/C14H15ClN2/c1-10-6-8-11(9-7-10)17-13-5-3-2-4-12(13)16-14(17)15/h6-9H,2-5H2,1H3. The molecule has 0 aliphatic heterocycles.